The molecular weight excluding hydrogens is 397 g/mol. The summed E-state index contributed by atoms with van der Waals surface area (Å²) in [5.74, 6) is 0.0763. The van der Waals surface area contributed by atoms with Crippen molar-refractivity contribution in [2.45, 2.75) is 39.0 Å². The highest BCUT2D eigenvalue weighted by molar-refractivity contribution is 7.80. The van der Waals surface area contributed by atoms with Gasteiger partial charge >= 0.3 is 6.18 Å². The average molecular weight is 416 g/mol. The van der Waals surface area contributed by atoms with Crippen LogP contribution in [-0.2, 0) is 12.7 Å². The molecular formula is C21H19F3N4S. The first-order valence-corrected chi connectivity index (χ1v) is 9.25. The summed E-state index contributed by atoms with van der Waals surface area (Å²) in [6, 6.07) is 12.8. The van der Waals surface area contributed by atoms with E-state index in [0.29, 0.717) is 6.54 Å². The lowest BCUT2D eigenvalue weighted by molar-refractivity contribution is -0.137. The Morgan fingerprint density at radius 1 is 1.14 bits per heavy atom. The van der Waals surface area contributed by atoms with Gasteiger partial charge < -0.3 is 4.90 Å². The number of amidine groups is 1. The number of hydrogen-bond acceptors (Lipinski definition) is 3. The van der Waals surface area contributed by atoms with Gasteiger partial charge in [0.05, 0.1) is 28.4 Å². The van der Waals surface area contributed by atoms with E-state index >= 15 is 0 Å². The summed E-state index contributed by atoms with van der Waals surface area (Å²) in [6.45, 7) is 6.02. The smallest absolute Gasteiger partial charge is 0.332 e. The van der Waals surface area contributed by atoms with Gasteiger partial charge in [0.15, 0.2) is 5.11 Å². The fourth-order valence-electron chi connectivity index (χ4n) is 3.24. The summed E-state index contributed by atoms with van der Waals surface area (Å²) in [5, 5.41) is 17.8. The Bertz CT molecular complexity index is 1020. The monoisotopic (exact) mass is 416 g/mol. The molecule has 0 bridgehead atoms. The van der Waals surface area contributed by atoms with Crippen molar-refractivity contribution in [3.05, 3.63) is 64.7 Å². The van der Waals surface area contributed by atoms with Crippen LogP contribution in [0.2, 0.25) is 0 Å². The molecule has 1 heterocycles. The van der Waals surface area contributed by atoms with Gasteiger partial charge in [0.25, 0.3) is 0 Å². The maximum atomic E-state index is 13.4. The molecule has 0 radical (unpaired) electrons. The zero-order valence-corrected chi connectivity index (χ0v) is 16.9. The molecule has 150 valence electrons. The van der Waals surface area contributed by atoms with Gasteiger partial charge in [-0.25, -0.2) is 0 Å². The van der Waals surface area contributed by atoms with Gasteiger partial charge in [0, 0.05) is 6.54 Å². The van der Waals surface area contributed by atoms with E-state index in [-0.39, 0.29) is 16.6 Å². The molecule has 2 aromatic carbocycles. The van der Waals surface area contributed by atoms with E-state index in [1.807, 2.05) is 49.9 Å². The van der Waals surface area contributed by atoms with E-state index in [4.69, 9.17) is 22.9 Å². The normalized spacial score (nSPS) is 16.3. The van der Waals surface area contributed by atoms with Crippen LogP contribution in [0, 0.1) is 23.7 Å². The largest absolute Gasteiger partial charge is 0.417 e. The minimum Gasteiger partial charge on any atom is -0.332 e. The second-order valence-corrected chi connectivity index (χ2v) is 7.80. The highest BCUT2D eigenvalue weighted by atomic mass is 32.1. The fourth-order valence-corrected chi connectivity index (χ4v) is 3.73. The summed E-state index contributed by atoms with van der Waals surface area (Å²) < 4.78 is 40.1. The molecule has 29 heavy (non-hydrogen) atoms. The van der Waals surface area contributed by atoms with Crippen LogP contribution < -0.4 is 4.90 Å². The van der Waals surface area contributed by atoms with Crippen LogP contribution in [-0.4, -0.2) is 21.4 Å². The van der Waals surface area contributed by atoms with Crippen molar-refractivity contribution in [2.75, 3.05) is 4.90 Å². The number of hydrogen-bond donors (Lipinski definition) is 1. The molecule has 0 atom stereocenters. The summed E-state index contributed by atoms with van der Waals surface area (Å²) in [4.78, 5) is 3.15. The molecule has 0 unspecified atom stereocenters. The topological polar surface area (TPSA) is 54.1 Å². The molecule has 0 aromatic heterocycles. The van der Waals surface area contributed by atoms with Crippen LogP contribution in [0.3, 0.4) is 0 Å². The lowest BCUT2D eigenvalue weighted by Gasteiger charge is -2.30. The number of rotatable bonds is 3. The predicted molar refractivity (Wildman–Crippen MR) is 110 cm³/mol. The number of benzene rings is 2. The molecule has 1 aliphatic rings. The Morgan fingerprint density at radius 3 is 2.31 bits per heavy atom. The molecule has 4 nitrogen and oxygen atoms in total. The number of nitrogens with zero attached hydrogens (tertiary/aromatic N) is 3. The Hall–Kier alpha value is -2.92. The van der Waals surface area contributed by atoms with Crippen LogP contribution >= 0.6 is 12.2 Å². The SMILES string of the molecule is Cc1ccc(CN2C(=S)N(c3ccc(C#N)c(C(F)(F)F)c3)C(=N)C2(C)C)cc1. The molecule has 0 spiro atoms. The van der Waals surface area contributed by atoms with Crippen LogP contribution in [0.4, 0.5) is 18.9 Å². The Labute approximate surface area is 172 Å². The van der Waals surface area contributed by atoms with E-state index in [1.165, 1.54) is 11.0 Å². The van der Waals surface area contributed by atoms with Gasteiger partial charge in [-0.3, -0.25) is 10.3 Å². The minimum atomic E-state index is -4.68. The molecule has 0 amide bonds. The van der Waals surface area contributed by atoms with E-state index in [2.05, 4.69) is 0 Å². The van der Waals surface area contributed by atoms with E-state index in [0.717, 1.165) is 23.3 Å². The number of aryl methyl sites for hydroxylation is 1. The molecule has 1 N–H and O–H groups in total. The third kappa shape index (κ3) is 3.70. The number of thiocarbonyl (C=S) groups is 1. The van der Waals surface area contributed by atoms with Crippen molar-refractivity contribution in [3.63, 3.8) is 0 Å². The second-order valence-electron chi connectivity index (χ2n) is 7.44. The molecule has 3 rings (SSSR count). The molecule has 2 aromatic rings. The molecule has 1 saturated heterocycles. The Morgan fingerprint density at radius 2 is 1.76 bits per heavy atom. The summed E-state index contributed by atoms with van der Waals surface area (Å²) in [7, 11) is 0. The van der Waals surface area contributed by atoms with E-state index in [9.17, 15) is 13.2 Å². The number of halogens is 3. The molecule has 1 aliphatic heterocycles. The first kappa shape index (κ1) is 20.8. The van der Waals surface area contributed by atoms with Crippen LogP contribution in [0.15, 0.2) is 42.5 Å². The Balaban J connectivity index is 2.01. The van der Waals surface area contributed by atoms with Crippen LogP contribution in [0.5, 0.6) is 0 Å². The first-order chi connectivity index (χ1) is 13.5. The van der Waals surface area contributed by atoms with Crippen LogP contribution in [0.1, 0.15) is 36.1 Å². The second kappa shape index (κ2) is 7.16. The van der Waals surface area contributed by atoms with Crippen molar-refractivity contribution in [1.82, 2.24) is 4.90 Å². The number of anilines is 1. The molecule has 0 aliphatic carbocycles. The average Bonchev–Trinajstić information content (AvgIpc) is 2.82. The zero-order chi connectivity index (χ0) is 21.6. The van der Waals surface area contributed by atoms with Gasteiger partial charge in [-0.2, -0.15) is 18.4 Å². The van der Waals surface area contributed by atoms with Crippen molar-refractivity contribution < 1.29 is 13.2 Å². The standard InChI is InChI=1S/C21H19F3N4S/c1-13-4-6-14(7-5-13)12-27-19(29)28(18(26)20(27,2)3)16-9-8-15(11-25)17(10-16)21(22,23)24/h4-10,26H,12H2,1-3H3. The van der Waals surface area contributed by atoms with Crippen molar-refractivity contribution >= 4 is 28.9 Å². The summed E-state index contributed by atoms with van der Waals surface area (Å²) >= 11 is 5.56. The molecule has 8 heteroatoms. The number of alkyl halides is 3. The Kier molecular flexibility index (Phi) is 5.13. The van der Waals surface area contributed by atoms with Crippen molar-refractivity contribution in [1.29, 1.82) is 10.7 Å². The highest BCUT2D eigenvalue weighted by Gasteiger charge is 2.47. The van der Waals surface area contributed by atoms with Crippen LogP contribution in [0.25, 0.3) is 0 Å². The maximum absolute atomic E-state index is 13.4. The molecule has 1 fully saturated rings. The lowest BCUT2D eigenvalue weighted by atomic mass is 10.0. The highest BCUT2D eigenvalue weighted by Crippen LogP contribution is 2.38. The van der Waals surface area contributed by atoms with E-state index in [1.54, 1.807) is 6.07 Å². The van der Waals surface area contributed by atoms with Gasteiger partial charge in [-0.1, -0.05) is 29.8 Å². The third-order valence-corrected chi connectivity index (χ3v) is 5.45. The fraction of sp³-hybridized carbons (Fsp3) is 0.286. The summed E-state index contributed by atoms with van der Waals surface area (Å²) in [6.07, 6.45) is -4.68. The minimum absolute atomic E-state index is 0.0763. The van der Waals surface area contributed by atoms with Gasteiger partial charge in [-0.15, -0.1) is 0 Å². The summed E-state index contributed by atoms with van der Waals surface area (Å²) in [5.41, 5.74) is -0.101. The quantitative estimate of drug-likeness (QED) is 0.695. The predicted octanol–water partition coefficient (Wildman–Crippen LogP) is 5.25. The third-order valence-electron chi connectivity index (χ3n) is 5.05. The first-order valence-electron chi connectivity index (χ1n) is 8.84. The van der Waals surface area contributed by atoms with Gasteiger partial charge in [-0.05, 0) is 56.8 Å². The van der Waals surface area contributed by atoms with Crippen molar-refractivity contribution in [2.24, 2.45) is 0 Å². The molecule has 0 saturated carbocycles. The van der Waals surface area contributed by atoms with Crippen molar-refractivity contribution in [3.8, 4) is 6.07 Å². The van der Waals surface area contributed by atoms with Gasteiger partial charge in [0.1, 0.15) is 5.84 Å². The lowest BCUT2D eigenvalue weighted by Crippen LogP contribution is -2.43. The zero-order valence-electron chi connectivity index (χ0n) is 16.1. The number of nitrogens with one attached hydrogen (secondary N) is 1. The number of nitriles is 1. The van der Waals surface area contributed by atoms with Gasteiger partial charge in [0.2, 0.25) is 0 Å². The maximum Gasteiger partial charge on any atom is 0.417 e. The van der Waals surface area contributed by atoms with E-state index < -0.39 is 22.8 Å².